The zero-order valence-electron chi connectivity index (χ0n) is 19.6. The normalized spacial score (nSPS) is 12.2. The first-order chi connectivity index (χ1) is 15.2. The van der Waals surface area contributed by atoms with Gasteiger partial charge in [-0.05, 0) is 43.4 Å². The molecule has 2 rings (SSSR count). The summed E-state index contributed by atoms with van der Waals surface area (Å²) in [7, 11) is 0. The highest BCUT2D eigenvalue weighted by molar-refractivity contribution is 7.98. The van der Waals surface area contributed by atoms with Crippen LogP contribution in [0.15, 0.2) is 35.4 Å². The molecule has 0 aliphatic heterocycles. The number of rotatable bonds is 16. The summed E-state index contributed by atoms with van der Waals surface area (Å²) in [6.07, 6.45) is 16.1. The van der Waals surface area contributed by atoms with Gasteiger partial charge in [-0.25, -0.2) is 0 Å². The minimum absolute atomic E-state index is 0.0318. The van der Waals surface area contributed by atoms with E-state index in [1.165, 1.54) is 38.5 Å². The monoisotopic (exact) mass is 444 g/mol. The topological polar surface area (TPSA) is 51.2 Å². The zero-order chi connectivity index (χ0) is 22.3. The Hall–Kier alpha value is -1.59. The summed E-state index contributed by atoms with van der Waals surface area (Å²) >= 11 is 1.64. The van der Waals surface area contributed by atoms with E-state index in [0.29, 0.717) is 6.61 Å². The van der Waals surface area contributed by atoms with Crippen LogP contribution in [0.1, 0.15) is 84.5 Å². The van der Waals surface area contributed by atoms with Crippen molar-refractivity contribution in [2.75, 3.05) is 18.2 Å². The average Bonchev–Trinajstić information content (AvgIpc) is 2.79. The molecule has 31 heavy (non-hydrogen) atoms. The Morgan fingerprint density at radius 3 is 2.45 bits per heavy atom. The molecule has 0 aliphatic rings. The van der Waals surface area contributed by atoms with Crippen LogP contribution in [0.25, 0.3) is 10.9 Å². The predicted molar refractivity (Wildman–Crippen MR) is 134 cm³/mol. The van der Waals surface area contributed by atoms with Gasteiger partial charge in [-0.3, -0.25) is 9.78 Å². The summed E-state index contributed by atoms with van der Waals surface area (Å²) in [6, 6.07) is 7.98. The van der Waals surface area contributed by atoms with Gasteiger partial charge in [0.2, 0.25) is 0 Å². The molecule has 1 N–H and O–H groups in total. The number of ether oxygens (including phenoxy) is 1. The van der Waals surface area contributed by atoms with E-state index in [4.69, 9.17) is 4.74 Å². The highest BCUT2D eigenvalue weighted by atomic mass is 32.2. The van der Waals surface area contributed by atoms with Gasteiger partial charge in [0.15, 0.2) is 0 Å². The first-order valence-electron chi connectivity index (χ1n) is 12.0. The third-order valence-corrected chi connectivity index (χ3v) is 6.42. The van der Waals surface area contributed by atoms with Crippen LogP contribution in [0.5, 0.6) is 0 Å². The number of carbonyl (C=O) groups is 1. The lowest BCUT2D eigenvalue weighted by atomic mass is 10.1. The van der Waals surface area contributed by atoms with Crippen LogP contribution in [-0.2, 0) is 9.53 Å². The summed E-state index contributed by atoms with van der Waals surface area (Å²) in [6.45, 7) is 5.09. The van der Waals surface area contributed by atoms with E-state index < -0.39 is 6.10 Å². The van der Waals surface area contributed by atoms with E-state index >= 15 is 0 Å². The van der Waals surface area contributed by atoms with Gasteiger partial charge < -0.3 is 10.1 Å². The maximum Gasteiger partial charge on any atom is 0.253 e. The molecule has 4 nitrogen and oxygen atoms in total. The number of thioether (sulfide) groups is 1. The van der Waals surface area contributed by atoms with Gasteiger partial charge in [-0.15, -0.1) is 11.8 Å². The average molecular weight is 445 g/mol. The van der Waals surface area contributed by atoms with E-state index in [2.05, 4.69) is 24.1 Å². The lowest BCUT2D eigenvalue weighted by molar-refractivity contribution is -0.128. The van der Waals surface area contributed by atoms with Crippen LogP contribution >= 0.6 is 11.8 Å². The fourth-order valence-corrected chi connectivity index (χ4v) is 4.36. The summed E-state index contributed by atoms with van der Waals surface area (Å²) in [5.74, 6) is -0.0318. The molecule has 5 heteroatoms. The third kappa shape index (κ3) is 8.82. The first-order valence-corrected chi connectivity index (χ1v) is 13.3. The van der Waals surface area contributed by atoms with E-state index in [0.717, 1.165) is 53.6 Å². The largest absolute Gasteiger partial charge is 0.368 e. The number of benzene rings is 1. The molecule has 1 amide bonds. The van der Waals surface area contributed by atoms with E-state index in [1.54, 1.807) is 18.0 Å². The molecule has 1 atom stereocenters. The molecule has 0 aliphatic carbocycles. The molecule has 0 spiro atoms. The Morgan fingerprint density at radius 1 is 1.00 bits per heavy atom. The molecular weight excluding hydrogens is 404 g/mol. The fourth-order valence-electron chi connectivity index (χ4n) is 3.79. The molecule has 0 saturated heterocycles. The summed E-state index contributed by atoms with van der Waals surface area (Å²) < 4.78 is 6.10. The second kappa shape index (κ2) is 15.3. The van der Waals surface area contributed by atoms with Crippen molar-refractivity contribution in [1.82, 2.24) is 4.98 Å². The van der Waals surface area contributed by atoms with Gasteiger partial charge in [-0.1, -0.05) is 71.6 Å². The highest BCUT2D eigenvalue weighted by Gasteiger charge is 2.21. The SMILES string of the molecule is CCCCCCCCC(OCCCCCC)C(=O)Nc1c(SC)ccc2ncccc12. The second-order valence-electron chi connectivity index (χ2n) is 8.18. The third-order valence-electron chi connectivity index (χ3n) is 5.64. The molecule has 0 saturated carbocycles. The quantitative estimate of drug-likeness (QED) is 0.214. The van der Waals surface area contributed by atoms with E-state index in [-0.39, 0.29) is 5.91 Å². The van der Waals surface area contributed by atoms with Crippen LogP contribution in [-0.4, -0.2) is 29.9 Å². The summed E-state index contributed by atoms with van der Waals surface area (Å²) in [4.78, 5) is 18.7. The minimum atomic E-state index is -0.394. The van der Waals surface area contributed by atoms with Crippen molar-refractivity contribution in [3.05, 3.63) is 30.5 Å². The predicted octanol–water partition coefficient (Wildman–Crippen LogP) is 7.61. The minimum Gasteiger partial charge on any atom is -0.368 e. The number of nitrogens with one attached hydrogen (secondary N) is 1. The number of fused-ring (bicyclic) bond motifs is 1. The van der Waals surface area contributed by atoms with Crippen molar-refractivity contribution in [2.45, 2.75) is 95.5 Å². The van der Waals surface area contributed by atoms with Crippen LogP contribution in [0, 0.1) is 0 Å². The first kappa shape index (κ1) is 25.7. The number of unbranched alkanes of at least 4 members (excludes halogenated alkanes) is 8. The number of amides is 1. The molecule has 1 aromatic carbocycles. The number of nitrogens with zero attached hydrogens (tertiary/aromatic N) is 1. The fraction of sp³-hybridized carbons (Fsp3) is 0.615. The molecule has 1 unspecified atom stereocenters. The van der Waals surface area contributed by atoms with Crippen molar-refractivity contribution in [1.29, 1.82) is 0 Å². The highest BCUT2D eigenvalue weighted by Crippen LogP contribution is 2.32. The van der Waals surface area contributed by atoms with Gasteiger partial charge in [0, 0.05) is 23.1 Å². The lowest BCUT2D eigenvalue weighted by Crippen LogP contribution is -2.31. The molecule has 1 aromatic heterocycles. The lowest BCUT2D eigenvalue weighted by Gasteiger charge is -2.20. The smallest absolute Gasteiger partial charge is 0.253 e. The van der Waals surface area contributed by atoms with E-state index in [9.17, 15) is 4.79 Å². The van der Waals surface area contributed by atoms with Gasteiger partial charge in [-0.2, -0.15) is 0 Å². The maximum atomic E-state index is 13.2. The number of hydrogen-bond donors (Lipinski definition) is 1. The Labute approximate surface area is 192 Å². The van der Waals surface area contributed by atoms with Crippen LogP contribution in [0.4, 0.5) is 5.69 Å². The van der Waals surface area contributed by atoms with Gasteiger partial charge >= 0.3 is 0 Å². The Balaban J connectivity index is 2.04. The second-order valence-corrected chi connectivity index (χ2v) is 9.03. The number of pyridine rings is 1. The van der Waals surface area contributed by atoms with Gasteiger partial charge in [0.05, 0.1) is 11.2 Å². The number of hydrogen-bond acceptors (Lipinski definition) is 4. The van der Waals surface area contributed by atoms with Crippen LogP contribution in [0.2, 0.25) is 0 Å². The Kier molecular flexibility index (Phi) is 12.6. The van der Waals surface area contributed by atoms with Crippen molar-refractivity contribution >= 4 is 34.3 Å². The van der Waals surface area contributed by atoms with Gasteiger partial charge in [0.25, 0.3) is 5.91 Å². The van der Waals surface area contributed by atoms with Crippen LogP contribution < -0.4 is 5.32 Å². The Morgan fingerprint density at radius 2 is 1.71 bits per heavy atom. The molecule has 0 fully saturated rings. The van der Waals surface area contributed by atoms with E-state index in [1.807, 2.05) is 30.5 Å². The standard InChI is InChI=1S/C26H40N2O2S/c1-4-6-8-10-11-12-16-23(30-20-13-9-7-5-2)26(29)28-25-21-15-14-19-27-22(21)17-18-24(25)31-3/h14-15,17-19,23H,4-13,16,20H2,1-3H3,(H,28,29). The number of carbonyl (C=O) groups excluding carboxylic acids is 1. The molecule has 1 heterocycles. The molecule has 0 radical (unpaired) electrons. The summed E-state index contributed by atoms with van der Waals surface area (Å²) in [5, 5.41) is 4.17. The van der Waals surface area contributed by atoms with Crippen molar-refractivity contribution in [2.24, 2.45) is 0 Å². The molecule has 2 aromatic rings. The summed E-state index contributed by atoms with van der Waals surface area (Å²) in [5.41, 5.74) is 1.74. The van der Waals surface area contributed by atoms with Crippen molar-refractivity contribution in [3.8, 4) is 0 Å². The molecular formula is C26H40N2O2S. The van der Waals surface area contributed by atoms with Crippen molar-refractivity contribution < 1.29 is 9.53 Å². The zero-order valence-corrected chi connectivity index (χ0v) is 20.4. The van der Waals surface area contributed by atoms with Gasteiger partial charge in [0.1, 0.15) is 6.10 Å². The molecule has 172 valence electrons. The number of anilines is 1. The molecule has 0 bridgehead atoms. The van der Waals surface area contributed by atoms with Crippen molar-refractivity contribution in [3.63, 3.8) is 0 Å². The van der Waals surface area contributed by atoms with Crippen LogP contribution in [0.3, 0.4) is 0 Å². The Bertz CT molecular complexity index is 781. The maximum absolute atomic E-state index is 13.2. The number of aromatic nitrogens is 1.